The van der Waals surface area contributed by atoms with Crippen LogP contribution in [-0.2, 0) is 18.4 Å². The van der Waals surface area contributed by atoms with Crippen LogP contribution in [0.5, 0.6) is 0 Å². The van der Waals surface area contributed by atoms with Crippen LogP contribution in [0.1, 0.15) is 46.9 Å². The highest BCUT2D eigenvalue weighted by Gasteiger charge is 2.28. The molecule has 0 aliphatic carbocycles. The lowest BCUT2D eigenvalue weighted by Crippen LogP contribution is -2.39. The lowest BCUT2D eigenvalue weighted by atomic mass is 9.98. The van der Waals surface area contributed by atoms with E-state index in [1.165, 1.54) is 6.92 Å². The summed E-state index contributed by atoms with van der Waals surface area (Å²) in [6, 6.07) is 3.75. The molecule has 0 bridgehead atoms. The van der Waals surface area contributed by atoms with Gasteiger partial charge in [0.15, 0.2) is 0 Å². The molecule has 1 N–H and O–H groups in total. The van der Waals surface area contributed by atoms with Crippen molar-refractivity contribution in [3.05, 3.63) is 40.1 Å². The number of likely N-dealkylation sites (tertiary alicyclic amines) is 1. The number of carbonyl (C=O) groups excluding carboxylic acids is 2. The van der Waals surface area contributed by atoms with Crippen LogP contribution >= 0.6 is 11.3 Å². The van der Waals surface area contributed by atoms with Crippen molar-refractivity contribution < 1.29 is 9.59 Å². The topological polar surface area (TPSA) is 67.2 Å². The molecule has 2 amide bonds. The molecule has 24 heavy (non-hydrogen) atoms. The smallest absolute Gasteiger partial charge is 0.270 e. The van der Waals surface area contributed by atoms with Crippen LogP contribution < -0.4 is 5.32 Å². The Morgan fingerprint density at radius 1 is 1.46 bits per heavy atom. The molecule has 1 saturated heterocycles. The van der Waals surface area contributed by atoms with Gasteiger partial charge in [0.1, 0.15) is 5.69 Å². The van der Waals surface area contributed by atoms with Gasteiger partial charge in [-0.3, -0.25) is 9.59 Å². The average Bonchev–Trinajstić information content (AvgIpc) is 3.21. The van der Waals surface area contributed by atoms with E-state index < -0.39 is 0 Å². The Morgan fingerprint density at radius 3 is 3.00 bits per heavy atom. The van der Waals surface area contributed by atoms with E-state index in [1.807, 2.05) is 40.2 Å². The first-order valence-electron chi connectivity index (χ1n) is 8.14. The maximum absolute atomic E-state index is 12.7. The predicted molar refractivity (Wildman–Crippen MR) is 92.9 cm³/mol. The number of rotatable bonds is 4. The van der Waals surface area contributed by atoms with Crippen LogP contribution in [0.2, 0.25) is 0 Å². The van der Waals surface area contributed by atoms with Crippen LogP contribution in [0.3, 0.4) is 0 Å². The summed E-state index contributed by atoms with van der Waals surface area (Å²) in [6.45, 7) is 3.47. The van der Waals surface area contributed by atoms with Crippen molar-refractivity contribution >= 4 is 23.2 Å². The lowest BCUT2D eigenvalue weighted by molar-refractivity contribution is -0.119. The number of thiazole rings is 1. The van der Waals surface area contributed by atoms with Crippen molar-refractivity contribution in [1.29, 1.82) is 0 Å². The second-order valence-corrected chi connectivity index (χ2v) is 7.07. The van der Waals surface area contributed by atoms with Gasteiger partial charge in [0.05, 0.1) is 17.2 Å². The summed E-state index contributed by atoms with van der Waals surface area (Å²) in [5.74, 6) is 0.308. The Balaban J connectivity index is 1.66. The molecule has 3 heterocycles. The SMILES string of the molecule is CC(=O)NCc1csc([C@H]2CCCN(C(=O)c3cccn3C)C2)n1. The quantitative estimate of drug-likeness (QED) is 0.922. The summed E-state index contributed by atoms with van der Waals surface area (Å²) in [7, 11) is 1.89. The van der Waals surface area contributed by atoms with E-state index in [0.717, 1.165) is 35.8 Å². The number of hydrogen-bond donors (Lipinski definition) is 1. The maximum Gasteiger partial charge on any atom is 0.270 e. The van der Waals surface area contributed by atoms with E-state index in [9.17, 15) is 9.59 Å². The zero-order valence-corrected chi connectivity index (χ0v) is 14.8. The van der Waals surface area contributed by atoms with E-state index in [2.05, 4.69) is 10.3 Å². The van der Waals surface area contributed by atoms with Crippen molar-refractivity contribution in [3.63, 3.8) is 0 Å². The Hall–Kier alpha value is -2.15. The molecule has 0 radical (unpaired) electrons. The first kappa shape index (κ1) is 16.7. The summed E-state index contributed by atoms with van der Waals surface area (Å²) in [4.78, 5) is 30.3. The number of nitrogens with one attached hydrogen (secondary N) is 1. The van der Waals surface area contributed by atoms with E-state index in [4.69, 9.17) is 0 Å². The zero-order valence-electron chi connectivity index (χ0n) is 14.0. The van der Waals surface area contributed by atoms with Crippen molar-refractivity contribution in [2.45, 2.75) is 32.2 Å². The molecule has 3 rings (SSSR count). The molecular formula is C17H22N4O2S. The maximum atomic E-state index is 12.7. The third-order valence-corrected chi connectivity index (χ3v) is 5.36. The fourth-order valence-corrected chi connectivity index (χ4v) is 3.96. The Bertz CT molecular complexity index is 737. The Kier molecular flexibility index (Phi) is 4.99. The molecule has 1 aliphatic rings. The summed E-state index contributed by atoms with van der Waals surface area (Å²) in [5, 5.41) is 5.81. The van der Waals surface area contributed by atoms with E-state index in [1.54, 1.807) is 11.3 Å². The van der Waals surface area contributed by atoms with Crippen molar-refractivity contribution in [3.8, 4) is 0 Å². The van der Waals surface area contributed by atoms with E-state index in [0.29, 0.717) is 13.1 Å². The fourth-order valence-electron chi connectivity index (χ4n) is 3.01. The normalized spacial score (nSPS) is 17.8. The largest absolute Gasteiger partial charge is 0.351 e. The first-order chi connectivity index (χ1) is 11.5. The highest BCUT2D eigenvalue weighted by atomic mass is 32.1. The molecule has 1 aliphatic heterocycles. The molecule has 6 nitrogen and oxygen atoms in total. The molecule has 0 unspecified atom stereocenters. The highest BCUT2D eigenvalue weighted by Crippen LogP contribution is 2.30. The Morgan fingerprint density at radius 2 is 2.29 bits per heavy atom. The van der Waals surface area contributed by atoms with Crippen LogP contribution in [0.4, 0.5) is 0 Å². The minimum absolute atomic E-state index is 0.0541. The van der Waals surface area contributed by atoms with Gasteiger partial charge in [-0.25, -0.2) is 4.98 Å². The minimum Gasteiger partial charge on any atom is -0.351 e. The van der Waals surface area contributed by atoms with Gasteiger partial charge in [-0.15, -0.1) is 11.3 Å². The van der Waals surface area contributed by atoms with Gasteiger partial charge in [-0.05, 0) is 25.0 Å². The molecule has 0 spiro atoms. The summed E-state index contributed by atoms with van der Waals surface area (Å²) in [5.41, 5.74) is 1.61. The zero-order chi connectivity index (χ0) is 17.1. The summed E-state index contributed by atoms with van der Waals surface area (Å²) in [6.07, 6.45) is 3.93. The molecular weight excluding hydrogens is 324 g/mol. The lowest BCUT2D eigenvalue weighted by Gasteiger charge is -2.32. The van der Waals surface area contributed by atoms with Gasteiger partial charge in [-0.1, -0.05) is 0 Å². The molecule has 1 atom stereocenters. The third-order valence-electron chi connectivity index (χ3n) is 4.31. The van der Waals surface area contributed by atoms with Crippen LogP contribution in [0.25, 0.3) is 0 Å². The predicted octanol–water partition coefficient (Wildman–Crippen LogP) is 2.14. The van der Waals surface area contributed by atoms with Gasteiger partial charge in [0.2, 0.25) is 5.91 Å². The number of nitrogens with zero attached hydrogens (tertiary/aromatic N) is 3. The van der Waals surface area contributed by atoms with Gasteiger partial charge in [0.25, 0.3) is 5.91 Å². The molecule has 0 saturated carbocycles. The third kappa shape index (κ3) is 3.67. The molecule has 0 aromatic carbocycles. The Labute approximate surface area is 145 Å². The van der Waals surface area contributed by atoms with Crippen LogP contribution in [0, 0.1) is 0 Å². The van der Waals surface area contributed by atoms with E-state index >= 15 is 0 Å². The summed E-state index contributed by atoms with van der Waals surface area (Å²) >= 11 is 1.62. The van der Waals surface area contributed by atoms with Gasteiger partial charge in [-0.2, -0.15) is 0 Å². The van der Waals surface area contributed by atoms with Crippen LogP contribution in [-0.4, -0.2) is 39.4 Å². The molecule has 2 aromatic heterocycles. The van der Waals surface area contributed by atoms with Gasteiger partial charge < -0.3 is 14.8 Å². The van der Waals surface area contributed by atoms with Crippen molar-refractivity contribution in [2.75, 3.05) is 13.1 Å². The number of piperidine rings is 1. The number of hydrogen-bond acceptors (Lipinski definition) is 4. The second kappa shape index (κ2) is 7.17. The number of amides is 2. The van der Waals surface area contributed by atoms with Gasteiger partial charge in [0, 0.05) is 44.6 Å². The van der Waals surface area contributed by atoms with Crippen LogP contribution in [0.15, 0.2) is 23.7 Å². The average molecular weight is 346 g/mol. The molecule has 128 valence electrons. The van der Waals surface area contributed by atoms with Crippen molar-refractivity contribution in [2.24, 2.45) is 7.05 Å². The number of aryl methyl sites for hydroxylation is 1. The van der Waals surface area contributed by atoms with Crippen molar-refractivity contribution in [1.82, 2.24) is 19.8 Å². The minimum atomic E-state index is -0.0541. The number of carbonyl (C=O) groups is 2. The highest BCUT2D eigenvalue weighted by molar-refractivity contribution is 7.09. The summed E-state index contributed by atoms with van der Waals surface area (Å²) < 4.78 is 1.86. The van der Waals surface area contributed by atoms with E-state index in [-0.39, 0.29) is 17.7 Å². The standard InChI is InChI=1S/C17H22N4O2S/c1-12(22)18-9-14-11-24-16(19-14)13-5-3-8-21(10-13)17(23)15-6-4-7-20(15)2/h4,6-7,11,13H,3,5,8-10H2,1-2H3,(H,18,22)/t13-/m0/s1. The second-order valence-electron chi connectivity index (χ2n) is 6.18. The molecule has 2 aromatic rings. The molecule has 7 heteroatoms. The molecule has 1 fully saturated rings. The fraction of sp³-hybridized carbons (Fsp3) is 0.471. The first-order valence-corrected chi connectivity index (χ1v) is 9.02. The van der Waals surface area contributed by atoms with Gasteiger partial charge >= 0.3 is 0 Å². The monoisotopic (exact) mass is 346 g/mol. The number of aromatic nitrogens is 2.